The van der Waals surface area contributed by atoms with Crippen molar-refractivity contribution in [3.05, 3.63) is 56.9 Å². The van der Waals surface area contributed by atoms with E-state index in [0.29, 0.717) is 4.60 Å². The summed E-state index contributed by atoms with van der Waals surface area (Å²) in [7, 11) is 0. The van der Waals surface area contributed by atoms with Crippen LogP contribution in [0.2, 0.25) is 0 Å². The van der Waals surface area contributed by atoms with Crippen LogP contribution in [-0.2, 0) is 0 Å². The van der Waals surface area contributed by atoms with Crippen LogP contribution in [0.15, 0.2) is 41.0 Å². The molecule has 7 heteroatoms. The first-order valence-corrected chi connectivity index (χ1v) is 5.60. The van der Waals surface area contributed by atoms with Crippen molar-refractivity contribution in [1.82, 2.24) is 4.98 Å². The average Bonchev–Trinajstić information content (AvgIpc) is 2.28. The molecule has 0 aliphatic carbocycles. The van der Waals surface area contributed by atoms with E-state index in [1.165, 1.54) is 6.07 Å². The molecule has 0 aliphatic heterocycles. The number of pyridine rings is 1. The Labute approximate surface area is 110 Å². The maximum Gasteiger partial charge on any atom is 0.305 e. The van der Waals surface area contributed by atoms with E-state index in [0.717, 1.165) is 12.1 Å². The Morgan fingerprint density at radius 3 is 2.72 bits per heavy atom. The van der Waals surface area contributed by atoms with Gasteiger partial charge in [0.25, 0.3) is 0 Å². The lowest BCUT2D eigenvalue weighted by molar-refractivity contribution is -0.387. The normalized spacial score (nSPS) is 10.1. The molecule has 0 spiro atoms. The number of hydrogen-bond donors (Lipinski definition) is 0. The van der Waals surface area contributed by atoms with Crippen molar-refractivity contribution in [2.24, 2.45) is 0 Å². The molecule has 0 saturated heterocycles. The van der Waals surface area contributed by atoms with Gasteiger partial charge >= 0.3 is 5.69 Å². The Hall–Kier alpha value is -2.02. The second-order valence-corrected chi connectivity index (χ2v) is 4.08. The highest BCUT2D eigenvalue weighted by atomic mass is 79.9. The average molecular weight is 313 g/mol. The molecular weight excluding hydrogens is 307 g/mol. The van der Waals surface area contributed by atoms with Crippen molar-refractivity contribution >= 4 is 21.6 Å². The highest BCUT2D eigenvalue weighted by molar-refractivity contribution is 9.10. The van der Waals surface area contributed by atoms with Gasteiger partial charge in [0, 0.05) is 18.2 Å². The summed E-state index contributed by atoms with van der Waals surface area (Å²) < 4.78 is 19.2. The van der Waals surface area contributed by atoms with Gasteiger partial charge in [0.1, 0.15) is 10.4 Å². The van der Waals surface area contributed by atoms with E-state index in [4.69, 9.17) is 4.74 Å². The predicted molar refractivity (Wildman–Crippen MR) is 65.1 cm³/mol. The zero-order chi connectivity index (χ0) is 13.1. The Kier molecular flexibility index (Phi) is 3.52. The fraction of sp³-hybridized carbons (Fsp3) is 0. The van der Waals surface area contributed by atoms with Gasteiger partial charge in [-0.1, -0.05) is 6.07 Å². The van der Waals surface area contributed by atoms with Gasteiger partial charge in [-0.25, -0.2) is 4.98 Å². The number of aromatic nitrogens is 1. The Bertz CT molecular complexity index is 607. The topological polar surface area (TPSA) is 65.3 Å². The molecule has 5 nitrogen and oxygen atoms in total. The molecule has 1 heterocycles. The largest absolute Gasteiger partial charge is 0.439 e. The van der Waals surface area contributed by atoms with Crippen LogP contribution in [0.3, 0.4) is 0 Å². The predicted octanol–water partition coefficient (Wildman–Crippen LogP) is 3.68. The standard InChI is InChI=1S/C11H6BrFN2O3/c12-10-2-1-3-11(14-10)18-7-4-5-9(15(16)17)8(13)6-7/h1-6H. The van der Waals surface area contributed by atoms with Gasteiger partial charge in [-0.05, 0) is 28.1 Å². The molecule has 0 aliphatic rings. The smallest absolute Gasteiger partial charge is 0.305 e. The van der Waals surface area contributed by atoms with Crippen LogP contribution in [0.1, 0.15) is 0 Å². The van der Waals surface area contributed by atoms with Crippen LogP contribution in [0.5, 0.6) is 11.6 Å². The molecule has 0 amide bonds. The van der Waals surface area contributed by atoms with Gasteiger partial charge < -0.3 is 4.74 Å². The van der Waals surface area contributed by atoms with Gasteiger partial charge in [-0.2, -0.15) is 4.39 Å². The van der Waals surface area contributed by atoms with Crippen molar-refractivity contribution in [1.29, 1.82) is 0 Å². The maximum atomic E-state index is 13.3. The van der Waals surface area contributed by atoms with Gasteiger partial charge in [-0.15, -0.1) is 0 Å². The van der Waals surface area contributed by atoms with Crippen molar-refractivity contribution in [2.45, 2.75) is 0 Å². The van der Waals surface area contributed by atoms with Gasteiger partial charge in [0.05, 0.1) is 4.92 Å². The summed E-state index contributed by atoms with van der Waals surface area (Å²) in [5.74, 6) is -0.547. The number of nitrogens with zero attached hydrogens (tertiary/aromatic N) is 2. The lowest BCUT2D eigenvalue weighted by atomic mass is 10.3. The summed E-state index contributed by atoms with van der Waals surface area (Å²) in [5, 5.41) is 10.4. The molecule has 18 heavy (non-hydrogen) atoms. The zero-order valence-electron chi connectivity index (χ0n) is 8.84. The lowest BCUT2D eigenvalue weighted by Gasteiger charge is -2.04. The second-order valence-electron chi connectivity index (χ2n) is 3.27. The highest BCUT2D eigenvalue weighted by Gasteiger charge is 2.14. The third-order valence-electron chi connectivity index (χ3n) is 2.03. The van der Waals surface area contributed by atoms with Crippen molar-refractivity contribution in [3.63, 3.8) is 0 Å². The minimum atomic E-state index is -0.951. The SMILES string of the molecule is O=[N+]([O-])c1ccc(Oc2cccc(Br)n2)cc1F. The number of nitro groups is 1. The number of rotatable bonds is 3. The Morgan fingerprint density at radius 1 is 1.33 bits per heavy atom. The van der Waals surface area contributed by atoms with Gasteiger partial charge in [-0.3, -0.25) is 10.1 Å². The Balaban J connectivity index is 2.25. The molecule has 0 atom stereocenters. The van der Waals surface area contributed by atoms with Crippen LogP contribution in [0.25, 0.3) is 0 Å². The first-order valence-electron chi connectivity index (χ1n) is 4.80. The molecule has 1 aromatic heterocycles. The number of benzene rings is 1. The molecule has 0 radical (unpaired) electrons. The van der Waals surface area contributed by atoms with Crippen LogP contribution in [0, 0.1) is 15.9 Å². The third kappa shape index (κ3) is 2.80. The summed E-state index contributed by atoms with van der Waals surface area (Å²) in [4.78, 5) is 13.6. The zero-order valence-corrected chi connectivity index (χ0v) is 10.4. The number of hydrogen-bond acceptors (Lipinski definition) is 4. The van der Waals surface area contributed by atoms with Gasteiger partial charge in [0.2, 0.25) is 11.7 Å². The third-order valence-corrected chi connectivity index (χ3v) is 2.47. The summed E-state index contributed by atoms with van der Waals surface area (Å²) in [5.41, 5.74) is -0.593. The molecular formula is C11H6BrFN2O3. The molecule has 0 N–H and O–H groups in total. The van der Waals surface area contributed by atoms with E-state index in [2.05, 4.69) is 20.9 Å². The molecule has 0 fully saturated rings. The number of halogens is 2. The molecule has 2 rings (SSSR count). The van der Waals surface area contributed by atoms with E-state index in [9.17, 15) is 14.5 Å². The lowest BCUT2D eigenvalue weighted by Crippen LogP contribution is -1.94. The van der Waals surface area contributed by atoms with E-state index < -0.39 is 16.4 Å². The fourth-order valence-corrected chi connectivity index (χ4v) is 1.59. The van der Waals surface area contributed by atoms with Crippen LogP contribution in [-0.4, -0.2) is 9.91 Å². The van der Waals surface area contributed by atoms with Crippen LogP contribution in [0.4, 0.5) is 10.1 Å². The van der Waals surface area contributed by atoms with Crippen molar-refractivity contribution in [3.8, 4) is 11.6 Å². The van der Waals surface area contributed by atoms with E-state index in [1.54, 1.807) is 18.2 Å². The molecule has 0 unspecified atom stereocenters. The first kappa shape index (κ1) is 12.4. The van der Waals surface area contributed by atoms with Crippen LogP contribution < -0.4 is 4.74 Å². The van der Waals surface area contributed by atoms with E-state index >= 15 is 0 Å². The highest BCUT2D eigenvalue weighted by Crippen LogP contribution is 2.26. The minimum Gasteiger partial charge on any atom is -0.439 e. The number of nitro benzene ring substituents is 1. The first-order chi connectivity index (χ1) is 8.56. The molecule has 0 saturated carbocycles. The molecule has 0 bridgehead atoms. The summed E-state index contributed by atoms with van der Waals surface area (Å²) >= 11 is 3.17. The second kappa shape index (κ2) is 5.09. The summed E-state index contributed by atoms with van der Waals surface area (Å²) in [6.07, 6.45) is 0. The van der Waals surface area contributed by atoms with Crippen LogP contribution >= 0.6 is 15.9 Å². The summed E-state index contributed by atoms with van der Waals surface area (Å²) in [6.45, 7) is 0. The quantitative estimate of drug-likeness (QED) is 0.492. The molecule has 92 valence electrons. The van der Waals surface area contributed by atoms with E-state index in [1.807, 2.05) is 0 Å². The monoisotopic (exact) mass is 312 g/mol. The van der Waals surface area contributed by atoms with Gasteiger partial charge in [0.15, 0.2) is 0 Å². The number of ether oxygens (including phenoxy) is 1. The Morgan fingerprint density at radius 2 is 2.11 bits per heavy atom. The van der Waals surface area contributed by atoms with Crippen molar-refractivity contribution < 1.29 is 14.1 Å². The summed E-state index contributed by atoms with van der Waals surface area (Å²) in [6, 6.07) is 8.30. The maximum absolute atomic E-state index is 13.3. The molecule has 2 aromatic rings. The molecule has 1 aromatic carbocycles. The fourth-order valence-electron chi connectivity index (χ4n) is 1.27. The van der Waals surface area contributed by atoms with E-state index in [-0.39, 0.29) is 11.6 Å². The minimum absolute atomic E-state index is 0.142. The van der Waals surface area contributed by atoms with Crippen molar-refractivity contribution in [2.75, 3.05) is 0 Å².